The molecule has 1 aliphatic carbocycles. The van der Waals surface area contributed by atoms with Crippen LogP contribution in [-0.2, 0) is 0 Å². The summed E-state index contributed by atoms with van der Waals surface area (Å²) in [6.07, 6.45) is 3.33. The van der Waals surface area contributed by atoms with Gasteiger partial charge in [0.25, 0.3) is 5.91 Å². The molecule has 2 atom stereocenters. The second-order valence-corrected chi connectivity index (χ2v) is 5.45. The molecule has 1 saturated carbocycles. The van der Waals surface area contributed by atoms with E-state index in [0.29, 0.717) is 18.4 Å². The summed E-state index contributed by atoms with van der Waals surface area (Å²) in [6.45, 7) is 2.73. The van der Waals surface area contributed by atoms with Crippen LogP contribution in [0.15, 0.2) is 12.1 Å². The molecular weight excluding hydrogens is 264 g/mol. The van der Waals surface area contributed by atoms with Crippen LogP contribution in [0.1, 0.15) is 36.5 Å². The van der Waals surface area contributed by atoms with Gasteiger partial charge in [-0.15, -0.1) is 0 Å². The summed E-state index contributed by atoms with van der Waals surface area (Å²) in [7, 11) is 0. The van der Waals surface area contributed by atoms with E-state index in [4.69, 9.17) is 5.84 Å². The Kier molecular flexibility index (Phi) is 4.54. The SMILES string of the molecule is CC1CCC(CNC(=O)c2cc(F)c(NN)c(F)c2)C1. The Bertz CT molecular complexity index is 484. The van der Waals surface area contributed by atoms with E-state index in [1.807, 2.05) is 5.43 Å². The Hall–Kier alpha value is -1.69. The summed E-state index contributed by atoms with van der Waals surface area (Å²) in [5, 5.41) is 2.73. The Morgan fingerprint density at radius 2 is 2.00 bits per heavy atom. The molecule has 2 rings (SSSR count). The van der Waals surface area contributed by atoms with Crippen LogP contribution < -0.4 is 16.6 Å². The fourth-order valence-corrected chi connectivity index (χ4v) is 2.69. The summed E-state index contributed by atoms with van der Waals surface area (Å²) < 4.78 is 27.0. The third-order valence-electron chi connectivity index (χ3n) is 3.80. The van der Waals surface area contributed by atoms with Crippen LogP contribution in [0.5, 0.6) is 0 Å². The van der Waals surface area contributed by atoms with Gasteiger partial charge in [0.15, 0.2) is 11.6 Å². The molecule has 0 saturated heterocycles. The van der Waals surface area contributed by atoms with Gasteiger partial charge in [0.2, 0.25) is 0 Å². The van der Waals surface area contributed by atoms with Gasteiger partial charge in [-0.3, -0.25) is 10.6 Å². The quantitative estimate of drug-likeness (QED) is 0.587. The molecule has 1 aromatic carbocycles. The van der Waals surface area contributed by atoms with Crippen LogP contribution in [0, 0.1) is 23.5 Å². The summed E-state index contributed by atoms with van der Waals surface area (Å²) >= 11 is 0. The zero-order chi connectivity index (χ0) is 14.7. The molecule has 1 aromatic rings. The molecule has 110 valence electrons. The maximum Gasteiger partial charge on any atom is 0.251 e. The number of hydrogen-bond donors (Lipinski definition) is 3. The summed E-state index contributed by atoms with van der Waals surface area (Å²) in [5.74, 6) is 3.90. The minimum Gasteiger partial charge on any atom is -0.352 e. The minimum absolute atomic E-state index is 0.0370. The highest BCUT2D eigenvalue weighted by molar-refractivity contribution is 5.94. The van der Waals surface area contributed by atoms with Gasteiger partial charge in [-0.2, -0.15) is 0 Å². The number of nitrogens with two attached hydrogens (primary N) is 1. The van der Waals surface area contributed by atoms with Crippen LogP contribution in [0.4, 0.5) is 14.5 Å². The maximum atomic E-state index is 13.5. The first-order valence-electron chi connectivity index (χ1n) is 6.75. The number of amides is 1. The van der Waals surface area contributed by atoms with Crippen molar-refractivity contribution in [1.82, 2.24) is 5.32 Å². The van der Waals surface area contributed by atoms with Crippen LogP contribution >= 0.6 is 0 Å². The number of nitrogens with one attached hydrogen (secondary N) is 2. The average molecular weight is 283 g/mol. The van der Waals surface area contributed by atoms with Gasteiger partial charge < -0.3 is 10.7 Å². The van der Waals surface area contributed by atoms with Gasteiger partial charge in [0, 0.05) is 12.1 Å². The Morgan fingerprint density at radius 3 is 2.50 bits per heavy atom. The monoisotopic (exact) mass is 283 g/mol. The zero-order valence-corrected chi connectivity index (χ0v) is 11.4. The molecule has 0 radical (unpaired) electrons. The number of benzene rings is 1. The van der Waals surface area contributed by atoms with E-state index in [-0.39, 0.29) is 5.56 Å². The lowest BCUT2D eigenvalue weighted by atomic mass is 10.1. The number of hydrogen-bond acceptors (Lipinski definition) is 3. The first-order chi connectivity index (χ1) is 9.51. The van der Waals surface area contributed by atoms with Crippen LogP contribution in [0.25, 0.3) is 0 Å². The molecule has 0 spiro atoms. The number of rotatable bonds is 4. The number of nitrogen functional groups attached to an aromatic ring is 1. The van der Waals surface area contributed by atoms with Crippen molar-refractivity contribution in [3.63, 3.8) is 0 Å². The van der Waals surface area contributed by atoms with Crippen molar-refractivity contribution >= 4 is 11.6 Å². The Balaban J connectivity index is 1.99. The van der Waals surface area contributed by atoms with E-state index < -0.39 is 23.2 Å². The smallest absolute Gasteiger partial charge is 0.251 e. The Labute approximate surface area is 116 Å². The molecule has 1 aliphatic rings. The predicted octanol–water partition coefficient (Wildman–Crippen LogP) is 2.42. The van der Waals surface area contributed by atoms with Crippen molar-refractivity contribution < 1.29 is 13.6 Å². The van der Waals surface area contributed by atoms with Crippen molar-refractivity contribution in [2.24, 2.45) is 17.7 Å². The highest BCUT2D eigenvalue weighted by atomic mass is 19.1. The average Bonchev–Trinajstić information content (AvgIpc) is 2.81. The minimum atomic E-state index is -0.882. The van der Waals surface area contributed by atoms with Gasteiger partial charge in [0.05, 0.1) is 0 Å². The Morgan fingerprint density at radius 1 is 1.35 bits per heavy atom. The second-order valence-electron chi connectivity index (χ2n) is 5.45. The standard InChI is InChI=1S/C14H19F2N3O/c1-8-2-3-9(4-8)7-18-14(20)10-5-11(15)13(19-17)12(16)6-10/h5-6,8-9,19H,2-4,7,17H2,1H3,(H,18,20). The lowest BCUT2D eigenvalue weighted by Gasteiger charge is -2.12. The number of hydrazine groups is 1. The van der Waals surface area contributed by atoms with E-state index in [1.54, 1.807) is 0 Å². The van der Waals surface area contributed by atoms with Crippen molar-refractivity contribution in [3.05, 3.63) is 29.3 Å². The molecule has 4 N–H and O–H groups in total. The largest absolute Gasteiger partial charge is 0.352 e. The summed E-state index contributed by atoms with van der Waals surface area (Å²) in [6, 6.07) is 1.95. The fourth-order valence-electron chi connectivity index (χ4n) is 2.69. The molecule has 6 heteroatoms. The van der Waals surface area contributed by atoms with E-state index in [2.05, 4.69) is 12.2 Å². The third-order valence-corrected chi connectivity index (χ3v) is 3.80. The highest BCUT2D eigenvalue weighted by Gasteiger charge is 2.22. The molecule has 0 aromatic heterocycles. The van der Waals surface area contributed by atoms with Crippen molar-refractivity contribution in [3.8, 4) is 0 Å². The molecule has 4 nitrogen and oxygen atoms in total. The maximum absolute atomic E-state index is 13.5. The van der Waals surface area contributed by atoms with Crippen LogP contribution in [0.3, 0.4) is 0 Å². The van der Waals surface area contributed by atoms with E-state index >= 15 is 0 Å². The fraction of sp³-hybridized carbons (Fsp3) is 0.500. The lowest BCUT2D eigenvalue weighted by molar-refractivity contribution is 0.0946. The number of anilines is 1. The van der Waals surface area contributed by atoms with Gasteiger partial charge in [-0.25, -0.2) is 8.78 Å². The van der Waals surface area contributed by atoms with Gasteiger partial charge in [-0.1, -0.05) is 13.3 Å². The van der Waals surface area contributed by atoms with Crippen molar-refractivity contribution in [2.75, 3.05) is 12.0 Å². The van der Waals surface area contributed by atoms with Gasteiger partial charge in [-0.05, 0) is 36.8 Å². The molecule has 0 aliphatic heterocycles. The normalized spacial score (nSPS) is 21.8. The van der Waals surface area contributed by atoms with Crippen LogP contribution in [0.2, 0.25) is 0 Å². The van der Waals surface area contributed by atoms with Gasteiger partial charge in [0.1, 0.15) is 5.69 Å². The highest BCUT2D eigenvalue weighted by Crippen LogP contribution is 2.29. The van der Waals surface area contributed by atoms with E-state index in [9.17, 15) is 13.6 Å². The number of halogens is 2. The molecule has 20 heavy (non-hydrogen) atoms. The second kappa shape index (κ2) is 6.17. The molecular formula is C14H19F2N3O. The number of carbonyl (C=O) groups is 1. The van der Waals surface area contributed by atoms with Gasteiger partial charge >= 0.3 is 0 Å². The van der Waals surface area contributed by atoms with E-state index in [0.717, 1.165) is 25.0 Å². The molecule has 0 bridgehead atoms. The predicted molar refractivity (Wildman–Crippen MR) is 73.0 cm³/mol. The van der Waals surface area contributed by atoms with Crippen molar-refractivity contribution in [2.45, 2.75) is 26.2 Å². The molecule has 0 heterocycles. The van der Waals surface area contributed by atoms with Crippen LogP contribution in [-0.4, -0.2) is 12.5 Å². The molecule has 1 fully saturated rings. The summed E-state index contributed by atoms with van der Waals surface area (Å²) in [4.78, 5) is 11.9. The van der Waals surface area contributed by atoms with E-state index in [1.165, 1.54) is 6.42 Å². The molecule has 1 amide bonds. The first kappa shape index (κ1) is 14.7. The first-order valence-corrected chi connectivity index (χ1v) is 6.75. The zero-order valence-electron chi connectivity index (χ0n) is 11.4. The third kappa shape index (κ3) is 3.25. The summed E-state index contributed by atoms with van der Waals surface area (Å²) in [5.41, 5.74) is 1.45. The number of carbonyl (C=O) groups excluding carboxylic acids is 1. The lowest BCUT2D eigenvalue weighted by Crippen LogP contribution is -2.28. The molecule has 2 unspecified atom stereocenters. The topological polar surface area (TPSA) is 67.2 Å². The van der Waals surface area contributed by atoms with Crippen molar-refractivity contribution in [1.29, 1.82) is 0 Å².